The number of carbonyl (C=O) groups is 1. The van der Waals surface area contributed by atoms with Crippen LogP contribution in [0.5, 0.6) is 0 Å². The van der Waals surface area contributed by atoms with Gasteiger partial charge in [-0.25, -0.2) is 0 Å². The highest BCUT2D eigenvalue weighted by molar-refractivity contribution is 5.88. The Bertz CT molecular complexity index is 931. The molecule has 0 spiro atoms. The number of hydrogen-bond donors (Lipinski definition) is 1. The average molecular weight is 405 g/mol. The van der Waals surface area contributed by atoms with E-state index < -0.39 is 0 Å². The highest BCUT2D eigenvalue weighted by atomic mass is 16.5. The topological polar surface area (TPSA) is 71.3 Å². The molecule has 6 heteroatoms. The summed E-state index contributed by atoms with van der Waals surface area (Å²) in [4.78, 5) is 18.1. The highest BCUT2D eigenvalue weighted by Crippen LogP contribution is 2.38. The van der Waals surface area contributed by atoms with Crippen molar-refractivity contribution in [3.8, 4) is 0 Å². The largest absolute Gasteiger partial charge is 0.343 e. The van der Waals surface area contributed by atoms with Crippen molar-refractivity contribution in [3.05, 3.63) is 77.9 Å². The number of nitrogens with zero attached hydrogens (tertiary/aromatic N) is 3. The molecule has 0 unspecified atom stereocenters. The molecule has 30 heavy (non-hydrogen) atoms. The van der Waals surface area contributed by atoms with Crippen LogP contribution >= 0.6 is 0 Å². The zero-order chi connectivity index (χ0) is 20.8. The number of aromatic nitrogens is 2. The van der Waals surface area contributed by atoms with E-state index in [1.807, 2.05) is 12.1 Å². The van der Waals surface area contributed by atoms with Gasteiger partial charge >= 0.3 is 0 Å². The van der Waals surface area contributed by atoms with E-state index in [0.29, 0.717) is 0 Å². The monoisotopic (exact) mass is 404 g/mol. The summed E-state index contributed by atoms with van der Waals surface area (Å²) in [7, 11) is 0. The van der Waals surface area contributed by atoms with Crippen LogP contribution in [-0.2, 0) is 23.2 Å². The molecule has 1 aliphatic heterocycles. The maximum absolute atomic E-state index is 11.2. The molecule has 1 amide bonds. The minimum absolute atomic E-state index is 0.0331. The summed E-state index contributed by atoms with van der Waals surface area (Å²) >= 11 is 0. The molecule has 1 N–H and O–H groups in total. The SMILES string of the molecule is CC(=O)Nc1ccc(CN2CCC(CCc3ccccc3)(c3ncon3)CC2)cc1. The van der Waals surface area contributed by atoms with Gasteiger partial charge in [-0.1, -0.05) is 47.6 Å². The third-order valence-corrected chi connectivity index (χ3v) is 6.06. The van der Waals surface area contributed by atoms with Crippen LogP contribution in [0.1, 0.15) is 43.1 Å². The molecular weight excluding hydrogens is 376 g/mol. The van der Waals surface area contributed by atoms with E-state index in [-0.39, 0.29) is 11.3 Å². The zero-order valence-electron chi connectivity index (χ0n) is 17.4. The van der Waals surface area contributed by atoms with Gasteiger partial charge in [-0.2, -0.15) is 4.98 Å². The standard InChI is InChI=1S/C24H28N4O2/c1-19(29)26-22-9-7-21(8-10-22)17-28-15-13-24(14-16-28,23-25-18-30-27-23)12-11-20-5-3-2-4-6-20/h2-10,18H,11-17H2,1H3,(H,26,29). The predicted molar refractivity (Wildman–Crippen MR) is 116 cm³/mol. The number of benzene rings is 2. The van der Waals surface area contributed by atoms with E-state index in [9.17, 15) is 4.79 Å². The first-order valence-electron chi connectivity index (χ1n) is 10.5. The zero-order valence-corrected chi connectivity index (χ0v) is 17.4. The second-order valence-corrected chi connectivity index (χ2v) is 8.17. The fourth-order valence-electron chi connectivity index (χ4n) is 4.31. The van der Waals surface area contributed by atoms with Gasteiger partial charge in [-0.3, -0.25) is 9.69 Å². The molecule has 0 atom stereocenters. The van der Waals surface area contributed by atoms with Gasteiger partial charge in [0.15, 0.2) is 5.82 Å². The molecule has 0 saturated carbocycles. The number of likely N-dealkylation sites (tertiary alicyclic amines) is 1. The van der Waals surface area contributed by atoms with Gasteiger partial charge in [0.05, 0.1) is 0 Å². The third kappa shape index (κ3) is 4.94. The molecule has 0 radical (unpaired) electrons. The van der Waals surface area contributed by atoms with Crippen molar-refractivity contribution in [2.45, 2.75) is 44.6 Å². The smallest absolute Gasteiger partial charge is 0.221 e. The van der Waals surface area contributed by atoms with Gasteiger partial charge in [0.2, 0.25) is 12.3 Å². The fraction of sp³-hybridized carbons (Fsp3) is 0.375. The first-order chi connectivity index (χ1) is 14.6. The van der Waals surface area contributed by atoms with Crippen LogP contribution < -0.4 is 5.32 Å². The Morgan fingerprint density at radius 1 is 1.07 bits per heavy atom. The molecule has 1 aliphatic rings. The van der Waals surface area contributed by atoms with Crippen molar-refractivity contribution in [2.75, 3.05) is 18.4 Å². The second kappa shape index (κ2) is 9.22. The lowest BCUT2D eigenvalue weighted by Crippen LogP contribution is -2.43. The summed E-state index contributed by atoms with van der Waals surface area (Å²) in [5.41, 5.74) is 3.40. The second-order valence-electron chi connectivity index (χ2n) is 8.17. The Morgan fingerprint density at radius 2 is 1.80 bits per heavy atom. The molecular formula is C24H28N4O2. The molecule has 1 saturated heterocycles. The van der Waals surface area contributed by atoms with E-state index in [2.05, 4.69) is 62.8 Å². The van der Waals surface area contributed by atoms with Crippen molar-refractivity contribution in [3.63, 3.8) is 0 Å². The summed E-state index contributed by atoms with van der Waals surface area (Å²) in [6.07, 6.45) is 5.52. The van der Waals surface area contributed by atoms with Crippen LogP contribution in [-0.4, -0.2) is 34.0 Å². The Labute approximate surface area is 177 Å². The van der Waals surface area contributed by atoms with Gasteiger partial charge in [-0.05, 0) is 62.0 Å². The Hall–Kier alpha value is -2.99. The van der Waals surface area contributed by atoms with Crippen LogP contribution in [0.25, 0.3) is 0 Å². The molecule has 1 aromatic heterocycles. The number of anilines is 1. The number of amides is 1. The Morgan fingerprint density at radius 3 is 2.43 bits per heavy atom. The number of hydrogen-bond acceptors (Lipinski definition) is 5. The van der Waals surface area contributed by atoms with Gasteiger partial charge in [-0.15, -0.1) is 0 Å². The first kappa shape index (κ1) is 20.3. The number of piperidine rings is 1. The number of carbonyl (C=O) groups excluding carboxylic acids is 1. The van der Waals surface area contributed by atoms with Crippen molar-refractivity contribution in [2.24, 2.45) is 0 Å². The molecule has 6 nitrogen and oxygen atoms in total. The summed E-state index contributed by atoms with van der Waals surface area (Å²) in [5.74, 6) is 0.796. The lowest BCUT2D eigenvalue weighted by atomic mass is 9.73. The molecule has 1 fully saturated rings. The van der Waals surface area contributed by atoms with E-state index in [0.717, 1.165) is 56.8 Å². The third-order valence-electron chi connectivity index (χ3n) is 6.06. The highest BCUT2D eigenvalue weighted by Gasteiger charge is 2.39. The van der Waals surface area contributed by atoms with Crippen molar-refractivity contribution in [1.29, 1.82) is 0 Å². The molecule has 156 valence electrons. The number of aryl methyl sites for hydroxylation is 1. The van der Waals surface area contributed by atoms with Gasteiger partial charge in [0.1, 0.15) is 0 Å². The van der Waals surface area contributed by atoms with Crippen LogP contribution in [0, 0.1) is 0 Å². The van der Waals surface area contributed by atoms with Crippen LogP contribution in [0.3, 0.4) is 0 Å². The van der Waals surface area contributed by atoms with Gasteiger partial charge < -0.3 is 9.84 Å². The molecule has 2 aromatic carbocycles. The molecule has 4 rings (SSSR count). The fourth-order valence-corrected chi connectivity index (χ4v) is 4.31. The molecule has 2 heterocycles. The minimum Gasteiger partial charge on any atom is -0.343 e. The normalized spacial score (nSPS) is 16.3. The van der Waals surface area contributed by atoms with Crippen molar-refractivity contribution >= 4 is 11.6 Å². The molecule has 3 aromatic rings. The van der Waals surface area contributed by atoms with Gasteiger partial charge in [0, 0.05) is 24.6 Å². The Balaban J connectivity index is 1.38. The summed E-state index contributed by atoms with van der Waals surface area (Å²) in [6, 6.07) is 18.7. The number of rotatable bonds is 7. The van der Waals surface area contributed by atoms with Crippen LogP contribution in [0.15, 0.2) is 65.5 Å². The van der Waals surface area contributed by atoms with Crippen molar-refractivity contribution in [1.82, 2.24) is 15.0 Å². The van der Waals surface area contributed by atoms with E-state index in [1.165, 1.54) is 24.4 Å². The summed E-state index contributed by atoms with van der Waals surface area (Å²) in [5, 5.41) is 7.04. The molecule has 0 bridgehead atoms. The van der Waals surface area contributed by atoms with Gasteiger partial charge in [0.25, 0.3) is 0 Å². The predicted octanol–water partition coefficient (Wildman–Crippen LogP) is 4.19. The number of nitrogens with one attached hydrogen (secondary N) is 1. The van der Waals surface area contributed by atoms with Crippen molar-refractivity contribution < 1.29 is 9.32 Å². The lowest BCUT2D eigenvalue weighted by molar-refractivity contribution is -0.114. The quantitative estimate of drug-likeness (QED) is 0.639. The lowest BCUT2D eigenvalue weighted by Gasteiger charge is -2.40. The summed E-state index contributed by atoms with van der Waals surface area (Å²) in [6.45, 7) is 4.42. The average Bonchev–Trinajstić information content (AvgIpc) is 3.31. The first-order valence-corrected chi connectivity index (χ1v) is 10.5. The summed E-state index contributed by atoms with van der Waals surface area (Å²) < 4.78 is 5.10. The van der Waals surface area contributed by atoms with E-state index in [4.69, 9.17) is 4.52 Å². The van der Waals surface area contributed by atoms with Crippen LogP contribution in [0.4, 0.5) is 5.69 Å². The maximum atomic E-state index is 11.2. The molecule has 0 aliphatic carbocycles. The minimum atomic E-state index is -0.0490. The van der Waals surface area contributed by atoms with E-state index in [1.54, 1.807) is 0 Å². The van der Waals surface area contributed by atoms with E-state index >= 15 is 0 Å². The maximum Gasteiger partial charge on any atom is 0.221 e. The van der Waals surface area contributed by atoms with Crippen LogP contribution in [0.2, 0.25) is 0 Å². The Kier molecular flexibility index (Phi) is 6.23.